The third-order valence-electron chi connectivity index (χ3n) is 3.97. The molecular weight excluding hydrogens is 190 g/mol. The Kier molecular flexibility index (Phi) is 3.12. The highest BCUT2D eigenvalue weighted by Crippen LogP contribution is 2.43. The fourth-order valence-electron chi connectivity index (χ4n) is 2.08. The summed E-state index contributed by atoms with van der Waals surface area (Å²) >= 11 is 0. The number of aliphatic carboxylic acids is 1. The summed E-state index contributed by atoms with van der Waals surface area (Å²) in [7, 11) is 0. The molecule has 1 heterocycles. The van der Waals surface area contributed by atoms with Crippen LogP contribution in [0.2, 0.25) is 0 Å². The minimum absolute atomic E-state index is 0.0111. The number of hydrogen-bond donors (Lipinski definition) is 1. The molecule has 86 valence electrons. The number of carbonyl (C=O) groups is 1. The lowest BCUT2D eigenvalue weighted by atomic mass is 9.68. The molecule has 1 aliphatic rings. The first kappa shape index (κ1) is 12.1. The fraction of sp³-hybridized carbons (Fsp3) is 0.750. The quantitative estimate of drug-likeness (QED) is 0.713. The Labute approximate surface area is 91.8 Å². The highest BCUT2D eigenvalue weighted by Gasteiger charge is 2.42. The second kappa shape index (κ2) is 3.87. The van der Waals surface area contributed by atoms with E-state index in [4.69, 9.17) is 5.11 Å². The maximum atomic E-state index is 10.5. The van der Waals surface area contributed by atoms with E-state index in [1.54, 1.807) is 6.20 Å². The van der Waals surface area contributed by atoms with Crippen LogP contribution in [0.3, 0.4) is 0 Å². The molecule has 0 bridgehead atoms. The third-order valence-corrected chi connectivity index (χ3v) is 3.97. The lowest BCUT2D eigenvalue weighted by Gasteiger charge is -2.53. The molecular formula is C12H21NO2. The molecule has 0 aromatic carbocycles. The van der Waals surface area contributed by atoms with Crippen molar-refractivity contribution in [3.05, 3.63) is 12.3 Å². The van der Waals surface area contributed by atoms with Crippen molar-refractivity contribution in [2.24, 2.45) is 5.41 Å². The van der Waals surface area contributed by atoms with Gasteiger partial charge in [-0.3, -0.25) is 0 Å². The minimum Gasteiger partial charge on any atom is -0.478 e. The first-order chi connectivity index (χ1) is 6.77. The van der Waals surface area contributed by atoms with Crippen molar-refractivity contribution in [1.82, 2.24) is 4.90 Å². The summed E-state index contributed by atoms with van der Waals surface area (Å²) in [5.74, 6) is -0.880. The van der Waals surface area contributed by atoms with Crippen LogP contribution in [0, 0.1) is 5.41 Å². The predicted octanol–water partition coefficient (Wildman–Crippen LogP) is 2.49. The monoisotopic (exact) mass is 211 g/mol. The smallest absolute Gasteiger partial charge is 0.329 e. The number of carboxylic acid groups (broad SMARTS) is 1. The summed E-state index contributed by atoms with van der Waals surface area (Å²) in [6.45, 7) is 9.79. The summed E-state index contributed by atoms with van der Waals surface area (Å²) < 4.78 is 0. The molecule has 1 fully saturated rings. The van der Waals surface area contributed by atoms with Gasteiger partial charge in [-0.2, -0.15) is 0 Å². The van der Waals surface area contributed by atoms with Crippen molar-refractivity contribution in [3.63, 3.8) is 0 Å². The van der Waals surface area contributed by atoms with Crippen LogP contribution in [-0.2, 0) is 4.79 Å². The lowest BCUT2D eigenvalue weighted by molar-refractivity contribution is -0.131. The second-order valence-electron chi connectivity index (χ2n) is 5.39. The van der Waals surface area contributed by atoms with Gasteiger partial charge in [0, 0.05) is 24.4 Å². The molecule has 0 saturated carbocycles. The van der Waals surface area contributed by atoms with E-state index in [-0.39, 0.29) is 11.0 Å². The molecule has 0 atom stereocenters. The van der Waals surface area contributed by atoms with Gasteiger partial charge in [-0.05, 0) is 32.1 Å². The van der Waals surface area contributed by atoms with E-state index in [9.17, 15) is 4.79 Å². The van der Waals surface area contributed by atoms with Crippen LogP contribution in [0.5, 0.6) is 0 Å². The van der Waals surface area contributed by atoms with E-state index in [0.29, 0.717) is 0 Å². The molecule has 0 spiro atoms. The number of nitrogens with zero attached hydrogens (tertiary/aromatic N) is 1. The Hall–Kier alpha value is -0.990. The zero-order valence-corrected chi connectivity index (χ0v) is 10.1. The standard InChI is InChI=1S/C12H21NO2/c1-11(2)7-5-8-13(12(11,3)4)9-6-10(14)15/h6,9H,5,7-8H2,1-4H3,(H,14,15). The highest BCUT2D eigenvalue weighted by atomic mass is 16.4. The topological polar surface area (TPSA) is 40.5 Å². The largest absolute Gasteiger partial charge is 0.478 e. The van der Waals surface area contributed by atoms with Crippen molar-refractivity contribution >= 4 is 5.97 Å². The Morgan fingerprint density at radius 3 is 2.47 bits per heavy atom. The molecule has 0 amide bonds. The number of hydrogen-bond acceptors (Lipinski definition) is 2. The summed E-state index contributed by atoms with van der Waals surface area (Å²) in [6.07, 6.45) is 5.25. The molecule has 1 saturated heterocycles. The van der Waals surface area contributed by atoms with Crippen LogP contribution in [-0.4, -0.2) is 28.1 Å². The van der Waals surface area contributed by atoms with E-state index < -0.39 is 5.97 Å². The zero-order chi connectivity index (χ0) is 11.7. The summed E-state index contributed by atoms with van der Waals surface area (Å²) in [5.41, 5.74) is 0.227. The SMILES string of the molecule is CC1(C)CCCN(C=CC(=O)O)C1(C)C. The van der Waals surface area contributed by atoms with Crippen molar-refractivity contribution in [1.29, 1.82) is 0 Å². The van der Waals surface area contributed by atoms with Crippen molar-refractivity contribution in [3.8, 4) is 0 Å². The van der Waals surface area contributed by atoms with E-state index in [1.807, 2.05) is 0 Å². The Morgan fingerprint density at radius 1 is 1.33 bits per heavy atom. The minimum atomic E-state index is -0.880. The Balaban J connectivity index is 2.85. The average molecular weight is 211 g/mol. The maximum Gasteiger partial charge on any atom is 0.329 e. The molecule has 15 heavy (non-hydrogen) atoms. The van der Waals surface area contributed by atoms with Crippen molar-refractivity contribution < 1.29 is 9.90 Å². The lowest BCUT2D eigenvalue weighted by Crippen LogP contribution is -2.55. The average Bonchev–Trinajstić information content (AvgIpc) is 2.07. The molecule has 0 aliphatic carbocycles. The second-order valence-corrected chi connectivity index (χ2v) is 5.39. The predicted molar refractivity (Wildman–Crippen MR) is 60.6 cm³/mol. The Morgan fingerprint density at radius 2 is 1.93 bits per heavy atom. The van der Waals surface area contributed by atoms with Gasteiger partial charge in [-0.25, -0.2) is 4.79 Å². The van der Waals surface area contributed by atoms with Crippen molar-refractivity contribution in [2.45, 2.75) is 46.1 Å². The first-order valence-corrected chi connectivity index (χ1v) is 5.45. The Bertz CT molecular complexity index is 279. The van der Waals surface area contributed by atoms with Gasteiger partial charge in [-0.1, -0.05) is 13.8 Å². The van der Waals surface area contributed by atoms with Gasteiger partial charge in [0.2, 0.25) is 0 Å². The highest BCUT2D eigenvalue weighted by molar-refractivity contribution is 5.79. The number of piperidine rings is 1. The van der Waals surface area contributed by atoms with E-state index in [1.165, 1.54) is 12.5 Å². The molecule has 1 rings (SSSR count). The molecule has 0 unspecified atom stereocenters. The van der Waals surface area contributed by atoms with Crippen LogP contribution in [0.15, 0.2) is 12.3 Å². The van der Waals surface area contributed by atoms with Gasteiger partial charge in [-0.15, -0.1) is 0 Å². The molecule has 1 N–H and O–H groups in total. The normalized spacial score (nSPS) is 24.4. The molecule has 0 aromatic heterocycles. The molecule has 0 aromatic rings. The van der Waals surface area contributed by atoms with Gasteiger partial charge in [0.1, 0.15) is 0 Å². The van der Waals surface area contributed by atoms with Crippen LogP contribution < -0.4 is 0 Å². The van der Waals surface area contributed by atoms with Crippen molar-refractivity contribution in [2.75, 3.05) is 6.54 Å². The van der Waals surface area contributed by atoms with Crippen LogP contribution in [0.4, 0.5) is 0 Å². The number of rotatable bonds is 2. The van der Waals surface area contributed by atoms with Crippen LogP contribution in [0.25, 0.3) is 0 Å². The van der Waals surface area contributed by atoms with Crippen LogP contribution >= 0.6 is 0 Å². The van der Waals surface area contributed by atoms with E-state index in [0.717, 1.165) is 13.0 Å². The molecule has 3 heteroatoms. The van der Waals surface area contributed by atoms with E-state index >= 15 is 0 Å². The first-order valence-electron chi connectivity index (χ1n) is 5.45. The molecule has 0 radical (unpaired) electrons. The van der Waals surface area contributed by atoms with Gasteiger partial charge >= 0.3 is 5.97 Å². The third kappa shape index (κ3) is 2.33. The summed E-state index contributed by atoms with van der Waals surface area (Å²) in [5, 5.41) is 8.63. The maximum absolute atomic E-state index is 10.5. The van der Waals surface area contributed by atoms with Gasteiger partial charge in [0.05, 0.1) is 0 Å². The number of likely N-dealkylation sites (tertiary alicyclic amines) is 1. The molecule has 1 aliphatic heterocycles. The van der Waals surface area contributed by atoms with Gasteiger partial charge in [0.25, 0.3) is 0 Å². The van der Waals surface area contributed by atoms with Crippen LogP contribution in [0.1, 0.15) is 40.5 Å². The van der Waals surface area contributed by atoms with E-state index in [2.05, 4.69) is 32.6 Å². The summed E-state index contributed by atoms with van der Waals surface area (Å²) in [4.78, 5) is 12.6. The fourth-order valence-corrected chi connectivity index (χ4v) is 2.08. The zero-order valence-electron chi connectivity index (χ0n) is 10.1. The van der Waals surface area contributed by atoms with Gasteiger partial charge < -0.3 is 10.0 Å². The molecule has 3 nitrogen and oxygen atoms in total. The summed E-state index contributed by atoms with van der Waals surface area (Å²) in [6, 6.07) is 0. The van der Waals surface area contributed by atoms with Gasteiger partial charge in [0.15, 0.2) is 0 Å². The number of carboxylic acids is 1.